The molecule has 0 amide bonds. The number of rotatable bonds is 4. The number of hydrogen-bond donors (Lipinski definition) is 0. The molecule has 1 heterocycles. The predicted octanol–water partition coefficient (Wildman–Crippen LogP) is 4.25. The van der Waals surface area contributed by atoms with Crippen LogP contribution in [0, 0.1) is 10.1 Å². The van der Waals surface area contributed by atoms with Gasteiger partial charge in [-0.2, -0.15) is 30.7 Å². The number of non-ortho nitro benzene ring substituents is 1. The van der Waals surface area contributed by atoms with Crippen LogP contribution in [0.25, 0.3) is 11.0 Å². The van der Waals surface area contributed by atoms with Gasteiger partial charge in [0.05, 0.1) is 16.0 Å². The van der Waals surface area contributed by atoms with Gasteiger partial charge >= 0.3 is 18.0 Å². The van der Waals surface area contributed by atoms with Crippen LogP contribution in [0.15, 0.2) is 18.2 Å². The first-order chi connectivity index (χ1) is 10.8. The predicted molar refractivity (Wildman–Crippen MR) is 67.0 cm³/mol. The molecule has 0 N–H and O–H groups in total. The molecule has 0 bridgehead atoms. The lowest BCUT2D eigenvalue weighted by Crippen LogP contribution is -2.51. The topological polar surface area (TPSA) is 61.0 Å². The molecule has 1 aromatic heterocycles. The highest BCUT2D eigenvalue weighted by Crippen LogP contribution is 2.51. The lowest BCUT2D eigenvalue weighted by molar-refractivity contribution is -0.384. The highest BCUT2D eigenvalue weighted by molar-refractivity contribution is 5.79. The summed E-state index contributed by atoms with van der Waals surface area (Å²) in [5.74, 6) is -13.8. The Bertz CT molecular complexity index is 798. The third-order valence-electron chi connectivity index (χ3n) is 3.29. The van der Waals surface area contributed by atoms with E-state index in [-0.39, 0.29) is 5.52 Å². The molecule has 12 heteroatoms. The molecule has 0 fully saturated rings. The fraction of sp³-hybridized carbons (Fsp3) is 0.417. The zero-order chi connectivity index (χ0) is 18.5. The average molecular weight is 359 g/mol. The molecule has 24 heavy (non-hydrogen) atoms. The number of aromatic nitrogens is 2. The Balaban J connectivity index is 2.74. The molecule has 0 spiro atoms. The molecule has 132 valence electrons. The maximum atomic E-state index is 13.9. The molecule has 0 aliphatic rings. The summed E-state index contributed by atoms with van der Waals surface area (Å²) < 4.78 is 91.6. The average Bonchev–Trinajstić information content (AvgIpc) is 2.83. The molecule has 0 saturated carbocycles. The number of nitrogens with zero attached hydrogens (tertiary/aromatic N) is 3. The summed E-state index contributed by atoms with van der Waals surface area (Å²) >= 11 is 0. The first kappa shape index (κ1) is 17.9. The Morgan fingerprint density at radius 2 is 1.75 bits per heavy atom. The van der Waals surface area contributed by atoms with Crippen molar-refractivity contribution in [2.24, 2.45) is 0 Å². The second-order valence-electron chi connectivity index (χ2n) is 4.76. The number of fused-ring (bicyclic) bond motifs is 1. The lowest BCUT2D eigenvalue weighted by Gasteiger charge is -2.27. The second-order valence-corrected chi connectivity index (χ2v) is 4.76. The summed E-state index contributed by atoms with van der Waals surface area (Å²) in [5, 5.41) is 10.6. The molecule has 0 aliphatic heterocycles. The minimum absolute atomic E-state index is 0.226. The van der Waals surface area contributed by atoms with Gasteiger partial charge in [0.1, 0.15) is 0 Å². The van der Waals surface area contributed by atoms with E-state index in [1.54, 1.807) is 0 Å². The molecular formula is C12H8F7N3O2. The largest absolute Gasteiger partial charge is 0.460 e. The van der Waals surface area contributed by atoms with Crippen molar-refractivity contribution in [1.29, 1.82) is 0 Å². The van der Waals surface area contributed by atoms with Gasteiger partial charge in [-0.25, -0.2) is 4.98 Å². The first-order valence-corrected chi connectivity index (χ1v) is 6.32. The van der Waals surface area contributed by atoms with Crippen LogP contribution in [-0.2, 0) is 12.5 Å². The highest BCUT2D eigenvalue weighted by Gasteiger charge is 2.75. The Morgan fingerprint density at radius 3 is 2.21 bits per heavy atom. The van der Waals surface area contributed by atoms with Crippen LogP contribution in [0.3, 0.4) is 0 Å². The number of aryl methyl sites for hydroxylation is 1. The van der Waals surface area contributed by atoms with Crippen molar-refractivity contribution in [3.63, 3.8) is 0 Å². The monoisotopic (exact) mass is 359 g/mol. The molecule has 2 rings (SSSR count). The second kappa shape index (κ2) is 5.31. The lowest BCUT2D eigenvalue weighted by atomic mass is 10.1. The van der Waals surface area contributed by atoms with E-state index in [2.05, 4.69) is 4.98 Å². The number of benzene rings is 1. The summed E-state index contributed by atoms with van der Waals surface area (Å²) in [5.41, 5.74) is -1.28. The molecule has 0 saturated heterocycles. The number of nitro groups is 1. The summed E-state index contributed by atoms with van der Waals surface area (Å²) in [4.78, 5) is 12.9. The van der Waals surface area contributed by atoms with Crippen LogP contribution in [0.4, 0.5) is 36.4 Å². The van der Waals surface area contributed by atoms with E-state index < -0.39 is 46.5 Å². The van der Waals surface area contributed by atoms with Gasteiger partial charge < -0.3 is 4.57 Å². The quantitative estimate of drug-likeness (QED) is 0.466. The Labute approximate surface area is 128 Å². The van der Waals surface area contributed by atoms with E-state index >= 15 is 0 Å². The molecule has 0 aliphatic carbocycles. The van der Waals surface area contributed by atoms with E-state index in [1.807, 2.05) is 0 Å². The fourth-order valence-electron chi connectivity index (χ4n) is 2.11. The van der Waals surface area contributed by atoms with Crippen LogP contribution >= 0.6 is 0 Å². The maximum Gasteiger partial charge on any atom is 0.460 e. The molecule has 0 radical (unpaired) electrons. The van der Waals surface area contributed by atoms with E-state index in [9.17, 15) is 40.8 Å². The van der Waals surface area contributed by atoms with Crippen molar-refractivity contribution < 1.29 is 35.7 Å². The minimum Gasteiger partial charge on any atom is -0.323 e. The molecule has 1 aromatic carbocycles. The van der Waals surface area contributed by atoms with Gasteiger partial charge in [0.15, 0.2) is 5.82 Å². The standard InChI is InChI=1S/C12H8F7N3O2/c1-2-21-8-4-3-6(22(23)24)5-7(8)20-9(21)10(13,14)11(15,16)12(17,18)19/h3-5H,2H2,1H3. The zero-order valence-corrected chi connectivity index (χ0v) is 11.7. The number of hydrogen-bond acceptors (Lipinski definition) is 3. The summed E-state index contributed by atoms with van der Waals surface area (Å²) in [7, 11) is 0. The van der Waals surface area contributed by atoms with Crippen molar-refractivity contribution >= 4 is 16.7 Å². The molecule has 0 atom stereocenters. The maximum absolute atomic E-state index is 13.9. The fourth-order valence-corrected chi connectivity index (χ4v) is 2.11. The van der Waals surface area contributed by atoms with Gasteiger partial charge in [0.2, 0.25) is 0 Å². The van der Waals surface area contributed by atoms with Crippen molar-refractivity contribution in [2.45, 2.75) is 31.5 Å². The molecule has 5 nitrogen and oxygen atoms in total. The summed E-state index contributed by atoms with van der Waals surface area (Å²) in [6, 6.07) is 2.57. The zero-order valence-electron chi connectivity index (χ0n) is 11.7. The van der Waals surface area contributed by atoms with Crippen molar-refractivity contribution in [3.8, 4) is 0 Å². The molecular weight excluding hydrogens is 351 g/mol. The van der Waals surface area contributed by atoms with Gasteiger partial charge in [-0.15, -0.1) is 0 Å². The smallest absolute Gasteiger partial charge is 0.323 e. The van der Waals surface area contributed by atoms with Crippen molar-refractivity contribution in [1.82, 2.24) is 9.55 Å². The van der Waals surface area contributed by atoms with Crippen molar-refractivity contribution in [2.75, 3.05) is 0 Å². The molecule has 0 unspecified atom stereocenters. The third kappa shape index (κ3) is 2.45. The Kier molecular flexibility index (Phi) is 3.97. The highest BCUT2D eigenvalue weighted by atomic mass is 19.4. The van der Waals surface area contributed by atoms with Crippen LogP contribution < -0.4 is 0 Å². The SMILES string of the molecule is CCn1c(C(F)(F)C(F)(F)C(F)(F)F)nc2cc([N+](=O)[O-])ccc21. The summed E-state index contributed by atoms with van der Waals surface area (Å²) in [6.07, 6.45) is -6.50. The van der Waals surface area contributed by atoms with Gasteiger partial charge in [-0.1, -0.05) is 0 Å². The van der Waals surface area contributed by atoms with E-state index in [1.165, 1.54) is 6.92 Å². The van der Waals surface area contributed by atoms with Gasteiger partial charge in [-0.3, -0.25) is 10.1 Å². The normalized spacial score (nSPS) is 13.5. The van der Waals surface area contributed by atoms with Crippen LogP contribution in [0.2, 0.25) is 0 Å². The summed E-state index contributed by atoms with van der Waals surface area (Å²) in [6.45, 7) is 0.834. The third-order valence-corrected chi connectivity index (χ3v) is 3.29. The number of halogens is 7. The van der Waals surface area contributed by atoms with Crippen LogP contribution in [-0.4, -0.2) is 26.6 Å². The minimum atomic E-state index is -6.50. The van der Waals surface area contributed by atoms with E-state index in [4.69, 9.17) is 0 Å². The number of imidazole rings is 1. The van der Waals surface area contributed by atoms with Gasteiger partial charge in [0.25, 0.3) is 5.69 Å². The van der Waals surface area contributed by atoms with E-state index in [0.29, 0.717) is 10.6 Å². The van der Waals surface area contributed by atoms with E-state index in [0.717, 1.165) is 12.1 Å². The Hall–Kier alpha value is -2.40. The molecule has 2 aromatic rings. The van der Waals surface area contributed by atoms with Gasteiger partial charge in [0, 0.05) is 18.7 Å². The van der Waals surface area contributed by atoms with Crippen molar-refractivity contribution in [3.05, 3.63) is 34.1 Å². The van der Waals surface area contributed by atoms with Gasteiger partial charge in [-0.05, 0) is 13.0 Å². The number of alkyl halides is 7. The van der Waals surface area contributed by atoms with Crippen LogP contribution in [0.5, 0.6) is 0 Å². The number of nitro benzene ring substituents is 1. The van der Waals surface area contributed by atoms with Crippen LogP contribution in [0.1, 0.15) is 12.7 Å². The Morgan fingerprint density at radius 1 is 1.17 bits per heavy atom. The first-order valence-electron chi connectivity index (χ1n) is 6.32.